The molecule has 1 aromatic rings. The van der Waals surface area contributed by atoms with E-state index in [1.165, 1.54) is 11.3 Å². The van der Waals surface area contributed by atoms with E-state index in [0.29, 0.717) is 0 Å². The number of rotatable bonds is 4. The number of nitriles is 1. The van der Waals surface area contributed by atoms with Crippen molar-refractivity contribution in [1.29, 1.82) is 5.26 Å². The van der Waals surface area contributed by atoms with Gasteiger partial charge in [-0.15, -0.1) is 11.3 Å². The number of nitrogens with zero attached hydrogens (tertiary/aromatic N) is 1. The molecule has 0 spiro atoms. The summed E-state index contributed by atoms with van der Waals surface area (Å²) in [6.07, 6.45) is -0.582. The fraction of sp³-hybridized carbons (Fsp3) is 0.375. The molecule has 0 aliphatic carbocycles. The molecule has 0 radical (unpaired) electrons. The van der Waals surface area contributed by atoms with Gasteiger partial charge in [-0.2, -0.15) is 5.26 Å². The Hall–Kier alpha value is -0.410. The molecule has 1 rings (SSSR count). The zero-order valence-electron chi connectivity index (χ0n) is 6.74. The third-order valence-electron chi connectivity index (χ3n) is 1.38. The standard InChI is InChI=1S/C8H8BrNO2S/c9-6-1-4-13-8(6)7(5-10)12-3-2-11/h1,4,7,11H,2-3H2. The van der Waals surface area contributed by atoms with Crippen molar-refractivity contribution in [3.05, 3.63) is 20.8 Å². The molecule has 0 saturated carbocycles. The number of hydrogen-bond acceptors (Lipinski definition) is 4. The van der Waals surface area contributed by atoms with Gasteiger partial charge >= 0.3 is 0 Å². The minimum atomic E-state index is -0.582. The molecule has 0 aromatic carbocycles. The number of aliphatic hydroxyl groups is 1. The van der Waals surface area contributed by atoms with E-state index in [1.54, 1.807) is 0 Å². The third kappa shape index (κ3) is 2.78. The zero-order valence-corrected chi connectivity index (χ0v) is 9.14. The lowest BCUT2D eigenvalue weighted by Gasteiger charge is -2.07. The van der Waals surface area contributed by atoms with Gasteiger partial charge in [-0.05, 0) is 27.4 Å². The van der Waals surface area contributed by atoms with E-state index in [1.807, 2.05) is 17.5 Å². The predicted octanol–water partition coefficient (Wildman–Crippen LogP) is 2.08. The van der Waals surface area contributed by atoms with Crippen LogP contribution in [-0.2, 0) is 4.74 Å². The Balaban J connectivity index is 2.68. The second kappa shape index (κ2) is 5.35. The van der Waals surface area contributed by atoms with E-state index in [9.17, 15) is 0 Å². The first kappa shape index (κ1) is 10.7. The van der Waals surface area contributed by atoms with Gasteiger partial charge in [0.25, 0.3) is 0 Å². The second-order valence-electron chi connectivity index (χ2n) is 2.24. The van der Waals surface area contributed by atoms with Crippen LogP contribution in [0.15, 0.2) is 15.9 Å². The van der Waals surface area contributed by atoms with Crippen LogP contribution >= 0.6 is 27.3 Å². The molecule has 5 heteroatoms. The Morgan fingerprint density at radius 3 is 3.00 bits per heavy atom. The summed E-state index contributed by atoms with van der Waals surface area (Å²) in [6.45, 7) is 0.115. The Bertz CT molecular complexity index is 307. The highest BCUT2D eigenvalue weighted by Crippen LogP contribution is 2.30. The Labute approximate surface area is 88.7 Å². The monoisotopic (exact) mass is 261 g/mol. The number of halogens is 1. The van der Waals surface area contributed by atoms with E-state index < -0.39 is 6.10 Å². The quantitative estimate of drug-likeness (QED) is 0.903. The van der Waals surface area contributed by atoms with Gasteiger partial charge in [0.1, 0.15) is 6.07 Å². The molecular formula is C8H8BrNO2S. The molecule has 1 atom stereocenters. The lowest BCUT2D eigenvalue weighted by Crippen LogP contribution is -2.04. The lowest BCUT2D eigenvalue weighted by molar-refractivity contribution is 0.0596. The Kier molecular flexibility index (Phi) is 4.39. The molecule has 0 aliphatic rings. The predicted molar refractivity (Wildman–Crippen MR) is 53.4 cm³/mol. The molecule has 0 bridgehead atoms. The summed E-state index contributed by atoms with van der Waals surface area (Å²) in [5, 5.41) is 19.2. The van der Waals surface area contributed by atoms with Crippen molar-refractivity contribution in [3.8, 4) is 6.07 Å². The first-order valence-electron chi connectivity index (χ1n) is 3.64. The van der Waals surface area contributed by atoms with Crippen LogP contribution in [0.4, 0.5) is 0 Å². The summed E-state index contributed by atoms with van der Waals surface area (Å²) < 4.78 is 6.01. The van der Waals surface area contributed by atoms with Crippen molar-refractivity contribution in [2.45, 2.75) is 6.10 Å². The number of hydrogen-bond donors (Lipinski definition) is 1. The van der Waals surface area contributed by atoms with Gasteiger partial charge in [-0.3, -0.25) is 0 Å². The fourth-order valence-corrected chi connectivity index (χ4v) is 2.41. The lowest BCUT2D eigenvalue weighted by atomic mass is 10.3. The highest BCUT2D eigenvalue weighted by atomic mass is 79.9. The average Bonchev–Trinajstić information content (AvgIpc) is 2.54. The zero-order chi connectivity index (χ0) is 9.68. The molecule has 13 heavy (non-hydrogen) atoms. The third-order valence-corrected chi connectivity index (χ3v) is 3.29. The average molecular weight is 262 g/mol. The van der Waals surface area contributed by atoms with Crippen LogP contribution < -0.4 is 0 Å². The topological polar surface area (TPSA) is 53.2 Å². The summed E-state index contributed by atoms with van der Waals surface area (Å²) in [5.74, 6) is 0. The van der Waals surface area contributed by atoms with E-state index in [-0.39, 0.29) is 13.2 Å². The molecule has 0 fully saturated rings. The highest BCUT2D eigenvalue weighted by molar-refractivity contribution is 9.10. The van der Waals surface area contributed by atoms with Crippen molar-refractivity contribution >= 4 is 27.3 Å². The van der Waals surface area contributed by atoms with E-state index in [2.05, 4.69) is 15.9 Å². The molecule has 1 unspecified atom stereocenters. The van der Waals surface area contributed by atoms with Crippen molar-refractivity contribution in [2.75, 3.05) is 13.2 Å². The van der Waals surface area contributed by atoms with E-state index >= 15 is 0 Å². The summed E-state index contributed by atoms with van der Waals surface area (Å²) in [7, 11) is 0. The summed E-state index contributed by atoms with van der Waals surface area (Å²) in [6, 6.07) is 3.89. The number of aliphatic hydroxyl groups excluding tert-OH is 1. The van der Waals surface area contributed by atoms with Gasteiger partial charge < -0.3 is 9.84 Å². The van der Waals surface area contributed by atoms with Crippen molar-refractivity contribution in [2.24, 2.45) is 0 Å². The maximum absolute atomic E-state index is 8.78. The molecule has 3 nitrogen and oxygen atoms in total. The minimum absolute atomic E-state index is 0.0683. The minimum Gasteiger partial charge on any atom is -0.394 e. The van der Waals surface area contributed by atoms with Crippen molar-refractivity contribution in [3.63, 3.8) is 0 Å². The summed E-state index contributed by atoms with van der Waals surface area (Å²) in [4.78, 5) is 0.843. The molecule has 0 aliphatic heterocycles. The smallest absolute Gasteiger partial charge is 0.179 e. The maximum Gasteiger partial charge on any atom is 0.179 e. The van der Waals surface area contributed by atoms with Crippen LogP contribution in [0.1, 0.15) is 11.0 Å². The van der Waals surface area contributed by atoms with Gasteiger partial charge in [0.2, 0.25) is 0 Å². The highest BCUT2D eigenvalue weighted by Gasteiger charge is 2.15. The van der Waals surface area contributed by atoms with Gasteiger partial charge in [0, 0.05) is 4.47 Å². The van der Waals surface area contributed by atoms with Crippen LogP contribution in [-0.4, -0.2) is 18.3 Å². The summed E-state index contributed by atoms with van der Waals surface area (Å²) >= 11 is 4.77. The number of ether oxygens (including phenoxy) is 1. The van der Waals surface area contributed by atoms with Crippen LogP contribution in [0, 0.1) is 11.3 Å². The van der Waals surface area contributed by atoms with Gasteiger partial charge in [0.15, 0.2) is 6.10 Å². The molecule has 1 heterocycles. The van der Waals surface area contributed by atoms with Crippen LogP contribution in [0.25, 0.3) is 0 Å². The van der Waals surface area contributed by atoms with Crippen LogP contribution in [0.5, 0.6) is 0 Å². The van der Waals surface area contributed by atoms with Gasteiger partial charge in [-0.1, -0.05) is 0 Å². The molecule has 1 N–H and O–H groups in total. The van der Waals surface area contributed by atoms with Gasteiger partial charge in [-0.25, -0.2) is 0 Å². The number of thiophene rings is 1. The SMILES string of the molecule is N#CC(OCCO)c1sccc1Br. The maximum atomic E-state index is 8.78. The molecule has 1 aromatic heterocycles. The van der Waals surface area contributed by atoms with E-state index in [0.717, 1.165) is 9.35 Å². The first-order valence-corrected chi connectivity index (χ1v) is 5.32. The second-order valence-corrected chi connectivity index (χ2v) is 4.04. The van der Waals surface area contributed by atoms with Crippen molar-refractivity contribution < 1.29 is 9.84 Å². The Morgan fingerprint density at radius 1 is 1.77 bits per heavy atom. The fourth-order valence-electron chi connectivity index (χ4n) is 0.835. The molecule has 0 saturated heterocycles. The molecule has 0 amide bonds. The molecule has 70 valence electrons. The Morgan fingerprint density at radius 2 is 2.54 bits per heavy atom. The largest absolute Gasteiger partial charge is 0.394 e. The van der Waals surface area contributed by atoms with Gasteiger partial charge in [0.05, 0.1) is 18.1 Å². The first-order chi connectivity index (χ1) is 6.29. The molecular weight excluding hydrogens is 254 g/mol. The van der Waals surface area contributed by atoms with Crippen LogP contribution in [0.2, 0.25) is 0 Å². The van der Waals surface area contributed by atoms with E-state index in [4.69, 9.17) is 15.1 Å². The normalized spacial score (nSPS) is 12.4. The van der Waals surface area contributed by atoms with Crippen LogP contribution in [0.3, 0.4) is 0 Å². The summed E-state index contributed by atoms with van der Waals surface area (Å²) in [5.41, 5.74) is 0. The van der Waals surface area contributed by atoms with Crippen molar-refractivity contribution in [1.82, 2.24) is 0 Å².